The standard InChI is InChI=1S/C10H9BrF3NO3/c1-15-9(16)5-17-8-3-2-6(4-7(8)11)18-10(12,13)14/h2-4H,5H2,1H3,(H,15,16). The number of hydrogen-bond donors (Lipinski definition) is 1. The van der Waals surface area contributed by atoms with Crippen molar-refractivity contribution in [2.24, 2.45) is 0 Å². The van der Waals surface area contributed by atoms with E-state index in [0.717, 1.165) is 12.1 Å². The number of likely N-dealkylation sites (N-methyl/N-ethyl adjacent to an activating group) is 1. The van der Waals surface area contributed by atoms with Gasteiger partial charge >= 0.3 is 6.36 Å². The smallest absolute Gasteiger partial charge is 0.483 e. The van der Waals surface area contributed by atoms with Crippen molar-refractivity contribution < 1.29 is 27.4 Å². The summed E-state index contributed by atoms with van der Waals surface area (Å²) >= 11 is 3.02. The van der Waals surface area contributed by atoms with Gasteiger partial charge in [-0.3, -0.25) is 4.79 Å². The van der Waals surface area contributed by atoms with Crippen LogP contribution in [0.3, 0.4) is 0 Å². The first-order valence-electron chi connectivity index (χ1n) is 4.70. The van der Waals surface area contributed by atoms with Gasteiger partial charge in [0.05, 0.1) is 4.47 Å². The number of nitrogens with one attached hydrogen (secondary N) is 1. The summed E-state index contributed by atoms with van der Waals surface area (Å²) in [5.41, 5.74) is 0. The first kappa shape index (κ1) is 14.6. The second kappa shape index (κ2) is 5.94. The molecule has 8 heteroatoms. The van der Waals surface area contributed by atoms with E-state index >= 15 is 0 Å². The molecule has 1 rings (SSSR count). The second-order valence-electron chi connectivity index (χ2n) is 3.10. The van der Waals surface area contributed by atoms with E-state index in [0.29, 0.717) is 0 Å². The van der Waals surface area contributed by atoms with Crippen molar-refractivity contribution in [3.05, 3.63) is 22.7 Å². The molecule has 100 valence electrons. The Balaban J connectivity index is 2.71. The molecule has 0 aliphatic heterocycles. The molecule has 0 aromatic heterocycles. The lowest BCUT2D eigenvalue weighted by Crippen LogP contribution is -2.24. The highest BCUT2D eigenvalue weighted by molar-refractivity contribution is 9.10. The molecule has 18 heavy (non-hydrogen) atoms. The number of alkyl halides is 3. The Bertz CT molecular complexity index is 437. The van der Waals surface area contributed by atoms with E-state index in [1.54, 1.807) is 0 Å². The lowest BCUT2D eigenvalue weighted by Gasteiger charge is -2.11. The van der Waals surface area contributed by atoms with Gasteiger partial charge in [0.25, 0.3) is 5.91 Å². The van der Waals surface area contributed by atoms with E-state index in [4.69, 9.17) is 4.74 Å². The molecule has 0 fully saturated rings. The second-order valence-corrected chi connectivity index (χ2v) is 3.96. The van der Waals surface area contributed by atoms with Crippen molar-refractivity contribution in [1.29, 1.82) is 0 Å². The summed E-state index contributed by atoms with van der Waals surface area (Å²) in [7, 11) is 1.45. The zero-order chi connectivity index (χ0) is 13.8. The Hall–Kier alpha value is -1.44. The average molecular weight is 328 g/mol. The molecule has 0 bridgehead atoms. The molecular formula is C10H9BrF3NO3. The van der Waals surface area contributed by atoms with E-state index in [2.05, 4.69) is 26.0 Å². The van der Waals surface area contributed by atoms with Crippen LogP contribution in [-0.4, -0.2) is 25.9 Å². The summed E-state index contributed by atoms with van der Waals surface area (Å²) in [6.07, 6.45) is -4.75. The Morgan fingerprint density at radius 2 is 2.11 bits per heavy atom. The zero-order valence-electron chi connectivity index (χ0n) is 9.18. The van der Waals surface area contributed by atoms with Crippen LogP contribution in [0.4, 0.5) is 13.2 Å². The molecule has 1 N–H and O–H groups in total. The predicted octanol–water partition coefficient (Wildman–Crippen LogP) is 2.47. The normalized spacial score (nSPS) is 10.9. The van der Waals surface area contributed by atoms with E-state index in [1.807, 2.05) is 0 Å². The van der Waals surface area contributed by atoms with Gasteiger partial charge in [-0.15, -0.1) is 13.2 Å². The number of hydrogen-bond acceptors (Lipinski definition) is 3. The van der Waals surface area contributed by atoms with Crippen LogP contribution >= 0.6 is 15.9 Å². The molecule has 0 spiro atoms. The minimum absolute atomic E-state index is 0.228. The number of amides is 1. The molecule has 0 radical (unpaired) electrons. The van der Waals surface area contributed by atoms with Crippen LogP contribution in [0.15, 0.2) is 22.7 Å². The van der Waals surface area contributed by atoms with Crippen molar-refractivity contribution in [2.45, 2.75) is 6.36 Å². The predicted molar refractivity (Wildman–Crippen MR) is 60.4 cm³/mol. The fraction of sp³-hybridized carbons (Fsp3) is 0.300. The summed E-state index contributed by atoms with van der Waals surface area (Å²) in [4.78, 5) is 10.9. The van der Waals surface area contributed by atoms with Crippen LogP contribution in [0, 0.1) is 0 Å². The molecule has 0 atom stereocenters. The molecule has 1 amide bonds. The van der Waals surface area contributed by atoms with Gasteiger partial charge in [-0.2, -0.15) is 0 Å². The van der Waals surface area contributed by atoms with Crippen molar-refractivity contribution in [3.63, 3.8) is 0 Å². The number of ether oxygens (including phenoxy) is 2. The first-order chi connectivity index (χ1) is 8.31. The molecule has 4 nitrogen and oxygen atoms in total. The van der Waals surface area contributed by atoms with Gasteiger partial charge in [-0.1, -0.05) is 0 Å². The minimum atomic E-state index is -4.75. The largest absolute Gasteiger partial charge is 0.573 e. The Morgan fingerprint density at radius 3 is 2.61 bits per heavy atom. The highest BCUT2D eigenvalue weighted by atomic mass is 79.9. The van der Waals surface area contributed by atoms with E-state index < -0.39 is 6.36 Å². The van der Waals surface area contributed by atoms with Gasteiger partial charge in [-0.25, -0.2) is 0 Å². The SMILES string of the molecule is CNC(=O)COc1ccc(OC(F)(F)F)cc1Br. The third-order valence-corrected chi connectivity index (χ3v) is 2.39. The number of halogens is 4. The minimum Gasteiger partial charge on any atom is -0.483 e. The topological polar surface area (TPSA) is 47.6 Å². The summed E-state index contributed by atoms with van der Waals surface area (Å²) < 4.78 is 44.9. The fourth-order valence-electron chi connectivity index (χ4n) is 1.01. The molecule has 0 unspecified atom stereocenters. The lowest BCUT2D eigenvalue weighted by molar-refractivity contribution is -0.274. The molecule has 0 aliphatic rings. The van der Waals surface area contributed by atoms with Crippen LogP contribution in [0.25, 0.3) is 0 Å². The highest BCUT2D eigenvalue weighted by Gasteiger charge is 2.31. The van der Waals surface area contributed by atoms with Crippen molar-refractivity contribution >= 4 is 21.8 Å². The average Bonchev–Trinajstić information content (AvgIpc) is 2.25. The van der Waals surface area contributed by atoms with Gasteiger partial charge in [0.1, 0.15) is 11.5 Å². The highest BCUT2D eigenvalue weighted by Crippen LogP contribution is 2.31. The van der Waals surface area contributed by atoms with Gasteiger partial charge < -0.3 is 14.8 Å². The van der Waals surface area contributed by atoms with Crippen molar-refractivity contribution in [2.75, 3.05) is 13.7 Å². The van der Waals surface area contributed by atoms with Crippen LogP contribution in [-0.2, 0) is 4.79 Å². The maximum absolute atomic E-state index is 12.0. The maximum Gasteiger partial charge on any atom is 0.573 e. The van der Waals surface area contributed by atoms with Crippen molar-refractivity contribution in [1.82, 2.24) is 5.32 Å². The van der Waals surface area contributed by atoms with Crippen LogP contribution in [0.5, 0.6) is 11.5 Å². The molecule has 0 saturated carbocycles. The first-order valence-corrected chi connectivity index (χ1v) is 5.50. The molecule has 1 aromatic carbocycles. The Morgan fingerprint density at radius 1 is 1.44 bits per heavy atom. The quantitative estimate of drug-likeness (QED) is 0.924. The van der Waals surface area contributed by atoms with Gasteiger partial charge in [0, 0.05) is 7.05 Å². The zero-order valence-corrected chi connectivity index (χ0v) is 10.8. The summed E-state index contributed by atoms with van der Waals surface area (Å²) in [5, 5.41) is 2.34. The monoisotopic (exact) mass is 327 g/mol. The van der Waals surface area contributed by atoms with Gasteiger partial charge in [0.2, 0.25) is 0 Å². The lowest BCUT2D eigenvalue weighted by atomic mass is 10.3. The maximum atomic E-state index is 12.0. The molecular weight excluding hydrogens is 319 g/mol. The third-order valence-electron chi connectivity index (χ3n) is 1.77. The summed E-state index contributed by atoms with van der Waals surface area (Å²) in [6.45, 7) is -0.228. The van der Waals surface area contributed by atoms with Gasteiger partial charge in [0.15, 0.2) is 6.61 Å². The van der Waals surface area contributed by atoms with Crippen molar-refractivity contribution in [3.8, 4) is 11.5 Å². The summed E-state index contributed by atoms with van der Waals surface area (Å²) in [5.74, 6) is -0.479. The molecule has 0 aliphatic carbocycles. The Labute approximate surface area is 109 Å². The van der Waals surface area contributed by atoms with E-state index in [9.17, 15) is 18.0 Å². The van der Waals surface area contributed by atoms with E-state index in [1.165, 1.54) is 13.1 Å². The third kappa shape index (κ3) is 4.82. The molecule has 1 aromatic rings. The number of carbonyl (C=O) groups is 1. The van der Waals surface area contributed by atoms with Gasteiger partial charge in [-0.05, 0) is 34.1 Å². The number of rotatable bonds is 4. The number of carbonyl (C=O) groups excluding carboxylic acids is 1. The van der Waals surface area contributed by atoms with Crippen LogP contribution < -0.4 is 14.8 Å². The van der Waals surface area contributed by atoms with Crippen LogP contribution in [0.2, 0.25) is 0 Å². The molecule has 0 heterocycles. The number of benzene rings is 1. The molecule has 0 saturated heterocycles. The van der Waals surface area contributed by atoms with Crippen LogP contribution in [0.1, 0.15) is 0 Å². The van der Waals surface area contributed by atoms with E-state index in [-0.39, 0.29) is 28.5 Å². The Kier molecular flexibility index (Phi) is 4.83. The summed E-state index contributed by atoms with van der Waals surface area (Å²) in [6, 6.07) is 3.47. The fourth-order valence-corrected chi connectivity index (χ4v) is 1.48.